The summed E-state index contributed by atoms with van der Waals surface area (Å²) in [4.78, 5) is 0. The summed E-state index contributed by atoms with van der Waals surface area (Å²) in [5.41, 5.74) is 1.01. The first-order valence-corrected chi connectivity index (χ1v) is 4.86. The summed E-state index contributed by atoms with van der Waals surface area (Å²) in [5.74, 6) is 0.597. The van der Waals surface area contributed by atoms with E-state index in [-0.39, 0.29) is 5.54 Å². The average Bonchev–Trinajstić information content (AvgIpc) is 2.48. The van der Waals surface area contributed by atoms with Gasteiger partial charge in [-0.15, -0.1) is 11.6 Å². The quantitative estimate of drug-likeness (QED) is 0.749. The van der Waals surface area contributed by atoms with Crippen LogP contribution in [0.5, 0.6) is 0 Å². The minimum atomic E-state index is -0.0287. The van der Waals surface area contributed by atoms with Crippen LogP contribution in [0, 0.1) is 0 Å². The fourth-order valence-electron chi connectivity index (χ4n) is 0.935. The minimum absolute atomic E-state index is 0.0287. The Morgan fingerprint density at radius 1 is 1.62 bits per heavy atom. The van der Waals surface area contributed by atoms with Crippen molar-refractivity contribution in [1.29, 1.82) is 0 Å². The molecular formula is C9H16ClN3. The van der Waals surface area contributed by atoms with Crippen molar-refractivity contribution in [2.75, 3.05) is 5.88 Å². The van der Waals surface area contributed by atoms with E-state index in [1.54, 1.807) is 4.68 Å². The number of hydrogen-bond acceptors (Lipinski definition) is 2. The van der Waals surface area contributed by atoms with Crippen molar-refractivity contribution in [3.05, 3.63) is 18.0 Å². The van der Waals surface area contributed by atoms with E-state index >= 15 is 0 Å². The lowest BCUT2D eigenvalue weighted by molar-refractivity contribution is 0.425. The Kier molecular flexibility index (Phi) is 3.33. The zero-order chi connectivity index (χ0) is 9.90. The van der Waals surface area contributed by atoms with Crippen LogP contribution in [0.4, 0.5) is 0 Å². The van der Waals surface area contributed by atoms with Crippen LogP contribution in [0.3, 0.4) is 0 Å². The molecule has 0 fully saturated rings. The molecule has 0 saturated heterocycles. The van der Waals surface area contributed by atoms with E-state index in [0.29, 0.717) is 5.88 Å². The summed E-state index contributed by atoms with van der Waals surface area (Å²) in [6.45, 7) is 4.91. The predicted molar refractivity (Wildman–Crippen MR) is 54.8 cm³/mol. The Morgan fingerprint density at radius 3 is 2.77 bits per heavy atom. The molecule has 1 heterocycles. The molecular weight excluding hydrogens is 186 g/mol. The molecule has 74 valence electrons. The van der Waals surface area contributed by atoms with E-state index in [2.05, 4.69) is 24.3 Å². The molecule has 0 amide bonds. The molecule has 0 aliphatic rings. The molecule has 0 aliphatic heterocycles. The van der Waals surface area contributed by atoms with Gasteiger partial charge in [-0.1, -0.05) is 0 Å². The molecule has 0 unspecified atom stereocenters. The van der Waals surface area contributed by atoms with Crippen LogP contribution in [0.1, 0.15) is 19.5 Å². The molecule has 0 spiro atoms. The maximum Gasteiger partial charge on any atom is 0.0762 e. The number of nitrogens with zero attached hydrogens (tertiary/aromatic N) is 2. The number of aromatic nitrogens is 2. The monoisotopic (exact) mass is 201 g/mol. The van der Waals surface area contributed by atoms with E-state index in [4.69, 9.17) is 11.6 Å². The zero-order valence-corrected chi connectivity index (χ0v) is 9.10. The van der Waals surface area contributed by atoms with Crippen LogP contribution in [0.25, 0.3) is 0 Å². The van der Waals surface area contributed by atoms with E-state index < -0.39 is 0 Å². The normalized spacial score (nSPS) is 12.0. The van der Waals surface area contributed by atoms with Gasteiger partial charge in [-0.05, 0) is 19.9 Å². The lowest BCUT2D eigenvalue weighted by Crippen LogP contribution is -2.40. The third-order valence-electron chi connectivity index (χ3n) is 1.85. The van der Waals surface area contributed by atoms with Crippen LogP contribution in [-0.4, -0.2) is 21.2 Å². The molecule has 3 nitrogen and oxygen atoms in total. The van der Waals surface area contributed by atoms with E-state index in [0.717, 1.165) is 12.2 Å². The Labute approximate surface area is 84.1 Å². The largest absolute Gasteiger partial charge is 0.305 e. The van der Waals surface area contributed by atoms with Crippen LogP contribution in [0.2, 0.25) is 0 Å². The molecule has 1 N–H and O–H groups in total. The van der Waals surface area contributed by atoms with Gasteiger partial charge in [0.15, 0.2) is 0 Å². The number of rotatable bonds is 4. The zero-order valence-electron chi connectivity index (χ0n) is 8.34. The first-order chi connectivity index (χ1) is 6.03. The third-order valence-corrected chi connectivity index (χ3v) is 2.52. The number of aryl methyl sites for hydroxylation is 1. The lowest BCUT2D eigenvalue weighted by Gasteiger charge is -2.22. The average molecular weight is 202 g/mol. The first-order valence-electron chi connectivity index (χ1n) is 4.33. The van der Waals surface area contributed by atoms with Crippen LogP contribution >= 0.6 is 11.6 Å². The molecule has 13 heavy (non-hydrogen) atoms. The number of nitrogens with one attached hydrogen (secondary N) is 1. The Balaban J connectivity index is 2.43. The summed E-state index contributed by atoms with van der Waals surface area (Å²) in [5, 5.41) is 7.59. The highest BCUT2D eigenvalue weighted by molar-refractivity contribution is 6.18. The number of hydrogen-bond donors (Lipinski definition) is 1. The predicted octanol–water partition coefficient (Wildman–Crippen LogP) is 1.53. The molecule has 0 aliphatic carbocycles. The van der Waals surface area contributed by atoms with Crippen molar-refractivity contribution in [1.82, 2.24) is 15.1 Å². The van der Waals surface area contributed by atoms with Gasteiger partial charge >= 0.3 is 0 Å². The van der Waals surface area contributed by atoms with Crippen molar-refractivity contribution in [3.8, 4) is 0 Å². The second kappa shape index (κ2) is 4.11. The Hall–Kier alpha value is -0.540. The summed E-state index contributed by atoms with van der Waals surface area (Å²) in [6.07, 6.45) is 1.94. The van der Waals surface area contributed by atoms with Crippen molar-refractivity contribution < 1.29 is 0 Å². The van der Waals surface area contributed by atoms with E-state index in [1.807, 2.05) is 19.3 Å². The summed E-state index contributed by atoms with van der Waals surface area (Å²) >= 11 is 5.78. The molecule has 0 aromatic carbocycles. The van der Waals surface area contributed by atoms with Gasteiger partial charge in [0.25, 0.3) is 0 Å². The highest BCUT2D eigenvalue weighted by Gasteiger charge is 2.15. The standard InChI is InChI=1S/C9H16ClN3/c1-9(2,7-10)11-6-8-4-5-13(3)12-8/h4-5,11H,6-7H2,1-3H3. The van der Waals surface area contributed by atoms with E-state index in [9.17, 15) is 0 Å². The fourth-order valence-corrected chi connectivity index (χ4v) is 1.03. The smallest absolute Gasteiger partial charge is 0.0762 e. The van der Waals surface area contributed by atoms with Gasteiger partial charge in [0.2, 0.25) is 0 Å². The molecule has 0 saturated carbocycles. The van der Waals surface area contributed by atoms with Gasteiger partial charge in [-0.3, -0.25) is 4.68 Å². The summed E-state index contributed by atoms with van der Waals surface area (Å²) in [6, 6.07) is 2.00. The van der Waals surface area contributed by atoms with Gasteiger partial charge in [-0.25, -0.2) is 0 Å². The van der Waals surface area contributed by atoms with Gasteiger partial charge in [0, 0.05) is 31.2 Å². The van der Waals surface area contributed by atoms with Crippen molar-refractivity contribution >= 4 is 11.6 Å². The molecule has 1 aromatic rings. The Bertz CT molecular complexity index is 268. The summed E-state index contributed by atoms with van der Waals surface area (Å²) in [7, 11) is 1.91. The van der Waals surface area contributed by atoms with Gasteiger partial charge < -0.3 is 5.32 Å². The minimum Gasteiger partial charge on any atom is -0.305 e. The SMILES string of the molecule is Cn1ccc(CNC(C)(C)CCl)n1. The third kappa shape index (κ3) is 3.36. The van der Waals surface area contributed by atoms with Crippen LogP contribution in [0.15, 0.2) is 12.3 Å². The van der Waals surface area contributed by atoms with Gasteiger partial charge in [0.05, 0.1) is 5.69 Å². The number of alkyl halides is 1. The lowest BCUT2D eigenvalue weighted by atomic mass is 10.1. The highest BCUT2D eigenvalue weighted by atomic mass is 35.5. The second-order valence-corrected chi connectivity index (χ2v) is 4.12. The molecule has 4 heteroatoms. The molecule has 1 rings (SSSR count). The van der Waals surface area contributed by atoms with Gasteiger partial charge in [0.1, 0.15) is 0 Å². The summed E-state index contributed by atoms with van der Waals surface area (Å²) < 4.78 is 1.80. The van der Waals surface area contributed by atoms with E-state index in [1.165, 1.54) is 0 Å². The van der Waals surface area contributed by atoms with Gasteiger partial charge in [-0.2, -0.15) is 5.10 Å². The fraction of sp³-hybridized carbons (Fsp3) is 0.667. The topological polar surface area (TPSA) is 29.9 Å². The van der Waals surface area contributed by atoms with Crippen LogP contribution in [-0.2, 0) is 13.6 Å². The first kappa shape index (κ1) is 10.5. The van der Waals surface area contributed by atoms with Crippen molar-refractivity contribution in [2.24, 2.45) is 7.05 Å². The highest BCUT2D eigenvalue weighted by Crippen LogP contribution is 2.05. The van der Waals surface area contributed by atoms with Crippen molar-refractivity contribution in [2.45, 2.75) is 25.9 Å². The molecule has 0 bridgehead atoms. The van der Waals surface area contributed by atoms with Crippen LogP contribution < -0.4 is 5.32 Å². The maximum atomic E-state index is 5.78. The number of halogens is 1. The Morgan fingerprint density at radius 2 is 2.31 bits per heavy atom. The molecule has 0 radical (unpaired) electrons. The molecule has 0 atom stereocenters. The second-order valence-electron chi connectivity index (χ2n) is 3.85. The van der Waals surface area contributed by atoms with Crippen molar-refractivity contribution in [3.63, 3.8) is 0 Å². The maximum absolute atomic E-state index is 5.78. The molecule has 1 aromatic heterocycles.